The van der Waals surface area contributed by atoms with Gasteiger partial charge in [-0.15, -0.1) is 0 Å². The van der Waals surface area contributed by atoms with Gasteiger partial charge in [0.1, 0.15) is 5.54 Å². The van der Waals surface area contributed by atoms with Crippen LogP contribution in [0.2, 0.25) is 5.02 Å². The fourth-order valence-electron chi connectivity index (χ4n) is 1.75. The predicted molar refractivity (Wildman–Crippen MR) is 82.3 cm³/mol. The first-order valence-electron chi connectivity index (χ1n) is 6.75. The number of nitrogens with one attached hydrogen (secondary N) is 1. The van der Waals surface area contributed by atoms with Crippen LogP contribution in [-0.4, -0.2) is 41.0 Å². The van der Waals surface area contributed by atoms with E-state index in [9.17, 15) is 9.59 Å². The largest absolute Gasteiger partial charge is 0.480 e. The Balaban J connectivity index is 2.57. The van der Waals surface area contributed by atoms with Crippen molar-refractivity contribution in [3.63, 3.8) is 0 Å². The van der Waals surface area contributed by atoms with Crippen LogP contribution in [0.15, 0.2) is 24.3 Å². The summed E-state index contributed by atoms with van der Waals surface area (Å²) in [6.45, 7) is 3.74. The van der Waals surface area contributed by atoms with Crippen molar-refractivity contribution in [2.24, 2.45) is 0 Å². The second-order valence-electron chi connectivity index (χ2n) is 5.22. The highest BCUT2D eigenvalue weighted by Gasteiger charge is 2.31. The minimum Gasteiger partial charge on any atom is -0.480 e. The molecule has 1 rings (SSSR count). The average molecular weight is 313 g/mol. The number of rotatable bonds is 7. The molecule has 1 aromatic carbocycles. The van der Waals surface area contributed by atoms with Crippen molar-refractivity contribution in [1.82, 2.24) is 10.2 Å². The molecule has 0 aliphatic heterocycles. The van der Waals surface area contributed by atoms with Crippen LogP contribution in [0.4, 0.5) is 0 Å². The van der Waals surface area contributed by atoms with E-state index < -0.39 is 11.5 Å². The Bertz CT molecular complexity index is 521. The Kier molecular flexibility index (Phi) is 6.18. The van der Waals surface area contributed by atoms with Crippen molar-refractivity contribution < 1.29 is 14.7 Å². The molecule has 0 saturated carbocycles. The van der Waals surface area contributed by atoms with Crippen molar-refractivity contribution in [3.8, 4) is 0 Å². The van der Waals surface area contributed by atoms with E-state index in [1.165, 1.54) is 4.90 Å². The van der Waals surface area contributed by atoms with Gasteiger partial charge in [0, 0.05) is 18.6 Å². The van der Waals surface area contributed by atoms with Gasteiger partial charge in [-0.1, -0.05) is 30.7 Å². The van der Waals surface area contributed by atoms with E-state index in [1.54, 1.807) is 33.0 Å². The van der Waals surface area contributed by atoms with Crippen LogP contribution in [-0.2, 0) is 16.1 Å². The quantitative estimate of drug-likeness (QED) is 0.809. The second kappa shape index (κ2) is 7.43. The highest BCUT2D eigenvalue weighted by Crippen LogP contribution is 2.12. The average Bonchev–Trinajstić information content (AvgIpc) is 2.44. The van der Waals surface area contributed by atoms with E-state index in [0.717, 1.165) is 5.56 Å². The topological polar surface area (TPSA) is 69.6 Å². The molecule has 1 atom stereocenters. The third-order valence-electron chi connectivity index (χ3n) is 3.54. The van der Waals surface area contributed by atoms with Gasteiger partial charge in [0.05, 0.1) is 6.54 Å². The van der Waals surface area contributed by atoms with Crippen LogP contribution < -0.4 is 5.32 Å². The maximum atomic E-state index is 12.1. The molecule has 1 amide bonds. The van der Waals surface area contributed by atoms with Gasteiger partial charge in [-0.05, 0) is 31.0 Å². The number of amides is 1. The van der Waals surface area contributed by atoms with E-state index in [0.29, 0.717) is 18.0 Å². The number of carboxylic acids is 1. The normalized spacial score (nSPS) is 13.5. The van der Waals surface area contributed by atoms with Gasteiger partial charge in [-0.3, -0.25) is 14.9 Å². The number of halogens is 1. The number of carbonyl (C=O) groups excluding carboxylic acids is 1. The molecule has 116 valence electrons. The Morgan fingerprint density at radius 1 is 1.43 bits per heavy atom. The highest BCUT2D eigenvalue weighted by atomic mass is 35.5. The number of carboxylic acid groups (broad SMARTS) is 1. The van der Waals surface area contributed by atoms with Crippen molar-refractivity contribution in [1.29, 1.82) is 0 Å². The van der Waals surface area contributed by atoms with Crippen LogP contribution in [0, 0.1) is 0 Å². The lowest BCUT2D eigenvalue weighted by atomic mass is 9.99. The van der Waals surface area contributed by atoms with Gasteiger partial charge in [0.2, 0.25) is 5.91 Å². The molecule has 21 heavy (non-hydrogen) atoms. The first-order chi connectivity index (χ1) is 9.78. The van der Waals surface area contributed by atoms with E-state index in [-0.39, 0.29) is 12.5 Å². The van der Waals surface area contributed by atoms with E-state index in [2.05, 4.69) is 5.32 Å². The fraction of sp³-hybridized carbons (Fsp3) is 0.467. The zero-order valence-corrected chi connectivity index (χ0v) is 13.3. The van der Waals surface area contributed by atoms with Crippen LogP contribution in [0.25, 0.3) is 0 Å². The lowest BCUT2D eigenvalue weighted by Crippen LogP contribution is -2.52. The van der Waals surface area contributed by atoms with Crippen molar-refractivity contribution >= 4 is 23.5 Å². The molecule has 5 nitrogen and oxygen atoms in total. The summed E-state index contributed by atoms with van der Waals surface area (Å²) in [7, 11) is 1.68. The Morgan fingerprint density at radius 3 is 2.62 bits per heavy atom. The van der Waals surface area contributed by atoms with Gasteiger partial charge in [0.25, 0.3) is 0 Å². The molecule has 1 unspecified atom stereocenters. The maximum absolute atomic E-state index is 12.1. The number of hydrogen-bond acceptors (Lipinski definition) is 3. The van der Waals surface area contributed by atoms with Gasteiger partial charge < -0.3 is 10.0 Å². The summed E-state index contributed by atoms with van der Waals surface area (Å²) < 4.78 is 0. The van der Waals surface area contributed by atoms with Crippen molar-refractivity contribution in [2.75, 3.05) is 13.6 Å². The second-order valence-corrected chi connectivity index (χ2v) is 5.66. The SMILES string of the molecule is CCC(C)(NCC(=O)N(C)Cc1cccc(Cl)c1)C(=O)O. The summed E-state index contributed by atoms with van der Waals surface area (Å²) in [6.07, 6.45) is 0.396. The van der Waals surface area contributed by atoms with Gasteiger partial charge >= 0.3 is 5.97 Å². The van der Waals surface area contributed by atoms with Gasteiger partial charge in [-0.2, -0.15) is 0 Å². The zero-order chi connectivity index (χ0) is 16.0. The van der Waals surface area contributed by atoms with Crippen molar-refractivity contribution in [3.05, 3.63) is 34.9 Å². The number of benzene rings is 1. The number of carbonyl (C=O) groups is 2. The fourth-order valence-corrected chi connectivity index (χ4v) is 1.97. The smallest absolute Gasteiger partial charge is 0.323 e. The molecule has 2 N–H and O–H groups in total. The highest BCUT2D eigenvalue weighted by molar-refractivity contribution is 6.30. The number of likely N-dealkylation sites (N-methyl/N-ethyl adjacent to an activating group) is 1. The number of nitrogens with zero attached hydrogens (tertiary/aromatic N) is 1. The molecule has 0 fully saturated rings. The summed E-state index contributed by atoms with van der Waals surface area (Å²) in [4.78, 5) is 24.8. The van der Waals surface area contributed by atoms with Crippen LogP contribution in [0.3, 0.4) is 0 Å². The minimum atomic E-state index is -1.09. The lowest BCUT2D eigenvalue weighted by Gasteiger charge is -2.26. The Morgan fingerprint density at radius 2 is 2.10 bits per heavy atom. The molecule has 0 aliphatic rings. The molecule has 0 bridgehead atoms. The lowest BCUT2D eigenvalue weighted by molar-refractivity contribution is -0.144. The molecule has 0 heterocycles. The third-order valence-corrected chi connectivity index (χ3v) is 3.78. The summed E-state index contributed by atoms with van der Waals surface area (Å²) >= 11 is 5.90. The molecule has 6 heteroatoms. The molecule has 1 aromatic rings. The van der Waals surface area contributed by atoms with E-state index >= 15 is 0 Å². The molecule has 0 radical (unpaired) electrons. The monoisotopic (exact) mass is 312 g/mol. The molecule has 0 aromatic heterocycles. The predicted octanol–water partition coefficient (Wildman–Crippen LogP) is 2.14. The zero-order valence-electron chi connectivity index (χ0n) is 12.5. The van der Waals surface area contributed by atoms with E-state index in [4.69, 9.17) is 16.7 Å². The van der Waals surface area contributed by atoms with Gasteiger partial charge in [0.15, 0.2) is 0 Å². The van der Waals surface area contributed by atoms with Crippen LogP contribution >= 0.6 is 11.6 Å². The van der Waals surface area contributed by atoms with Crippen LogP contribution in [0.5, 0.6) is 0 Å². The Hall–Kier alpha value is -1.59. The van der Waals surface area contributed by atoms with E-state index in [1.807, 2.05) is 12.1 Å². The molecular formula is C15H21ClN2O3. The summed E-state index contributed by atoms with van der Waals surface area (Å²) in [5.74, 6) is -1.13. The number of aliphatic carboxylic acids is 1. The minimum absolute atomic E-state index is 0.0201. The van der Waals surface area contributed by atoms with Crippen LogP contribution in [0.1, 0.15) is 25.8 Å². The third kappa shape index (κ3) is 5.02. The first kappa shape index (κ1) is 17.5. The Labute approximate surface area is 129 Å². The molecular weight excluding hydrogens is 292 g/mol. The first-order valence-corrected chi connectivity index (χ1v) is 7.13. The maximum Gasteiger partial charge on any atom is 0.323 e. The standard InChI is InChI=1S/C15H21ClN2O3/c1-4-15(2,14(20)21)17-9-13(19)18(3)10-11-6-5-7-12(16)8-11/h5-8,17H,4,9-10H2,1-3H3,(H,20,21). The van der Waals surface area contributed by atoms with Crippen molar-refractivity contribution in [2.45, 2.75) is 32.4 Å². The molecule has 0 aliphatic carbocycles. The summed E-state index contributed by atoms with van der Waals surface area (Å²) in [5, 5.41) is 12.6. The van der Waals surface area contributed by atoms with Gasteiger partial charge in [-0.25, -0.2) is 0 Å². The molecule has 0 spiro atoms. The molecule has 0 saturated heterocycles. The summed E-state index contributed by atoms with van der Waals surface area (Å²) in [5.41, 5.74) is -0.165. The number of hydrogen-bond donors (Lipinski definition) is 2. The summed E-state index contributed by atoms with van der Waals surface area (Å²) in [6, 6.07) is 7.28.